The first-order valence-corrected chi connectivity index (χ1v) is 9.87. The van der Waals surface area contributed by atoms with Gasteiger partial charge in [-0.2, -0.15) is 0 Å². The lowest BCUT2D eigenvalue weighted by Crippen LogP contribution is -2.46. The summed E-state index contributed by atoms with van der Waals surface area (Å²) in [7, 11) is 0. The summed E-state index contributed by atoms with van der Waals surface area (Å²) in [5, 5.41) is 23.3. The molecule has 6 nitrogen and oxygen atoms in total. The summed E-state index contributed by atoms with van der Waals surface area (Å²) < 4.78 is 11.0. The highest BCUT2D eigenvalue weighted by atomic mass is 16.5. The van der Waals surface area contributed by atoms with E-state index < -0.39 is 0 Å². The number of β-amino-alcohol motifs (C(OH)–C–C–N with tert-alkyl or cyclic N) is 1. The fourth-order valence-electron chi connectivity index (χ4n) is 2.93. The van der Waals surface area contributed by atoms with Crippen molar-refractivity contribution in [3.63, 3.8) is 0 Å². The maximum Gasteiger partial charge on any atom is 0.0700 e. The fraction of sp³-hybridized carbons (Fsp3) is 1.00. The lowest BCUT2D eigenvalue weighted by atomic mass is 9.83. The topological polar surface area (TPSA) is 74.2 Å². The van der Waals surface area contributed by atoms with Crippen LogP contribution in [0.3, 0.4) is 0 Å². The van der Waals surface area contributed by atoms with E-state index >= 15 is 0 Å². The van der Waals surface area contributed by atoms with E-state index in [9.17, 15) is 10.2 Å². The van der Waals surface area contributed by atoms with Crippen molar-refractivity contribution >= 4 is 0 Å². The summed E-state index contributed by atoms with van der Waals surface area (Å²) in [6.07, 6.45) is 2.60. The van der Waals surface area contributed by atoms with Gasteiger partial charge in [0.1, 0.15) is 0 Å². The molecule has 6 heteroatoms. The molecule has 0 aromatic carbocycles. The summed E-state index contributed by atoms with van der Waals surface area (Å²) in [6, 6.07) is 0. The average molecular weight is 361 g/mol. The Bertz CT molecular complexity index is 323. The van der Waals surface area contributed by atoms with Crippen LogP contribution in [0.2, 0.25) is 0 Å². The largest absolute Gasteiger partial charge is 0.393 e. The van der Waals surface area contributed by atoms with Crippen LogP contribution in [0.1, 0.15) is 46.5 Å². The fourth-order valence-corrected chi connectivity index (χ4v) is 2.93. The third-order valence-electron chi connectivity index (χ3n) is 4.99. The molecule has 1 heterocycles. The molecule has 150 valence electrons. The van der Waals surface area contributed by atoms with Gasteiger partial charge in [-0.15, -0.1) is 0 Å². The van der Waals surface area contributed by atoms with Crippen LogP contribution < -0.4 is 5.32 Å². The molecule has 2 atom stereocenters. The molecular formula is C19H40N2O4. The number of nitrogens with zero attached hydrogens (tertiary/aromatic N) is 1. The number of rotatable bonds is 14. The molecule has 1 fully saturated rings. The maximum atomic E-state index is 10.0. The van der Waals surface area contributed by atoms with Crippen LogP contribution in [-0.2, 0) is 9.47 Å². The lowest BCUT2D eigenvalue weighted by Gasteiger charge is -2.29. The van der Waals surface area contributed by atoms with Gasteiger partial charge in [0.2, 0.25) is 0 Å². The second-order valence-corrected chi connectivity index (χ2v) is 7.88. The van der Waals surface area contributed by atoms with Gasteiger partial charge >= 0.3 is 0 Å². The van der Waals surface area contributed by atoms with E-state index in [-0.39, 0.29) is 17.6 Å². The third-order valence-corrected chi connectivity index (χ3v) is 4.99. The van der Waals surface area contributed by atoms with E-state index in [4.69, 9.17) is 9.47 Å². The monoisotopic (exact) mass is 360 g/mol. The summed E-state index contributed by atoms with van der Waals surface area (Å²) >= 11 is 0. The Morgan fingerprint density at radius 3 is 2.08 bits per heavy atom. The van der Waals surface area contributed by atoms with Crippen LogP contribution >= 0.6 is 0 Å². The van der Waals surface area contributed by atoms with E-state index in [1.807, 2.05) is 0 Å². The first-order valence-electron chi connectivity index (χ1n) is 9.87. The Morgan fingerprint density at radius 1 is 0.960 bits per heavy atom. The summed E-state index contributed by atoms with van der Waals surface area (Å²) in [5.74, 6) is 0. The van der Waals surface area contributed by atoms with Gasteiger partial charge in [-0.25, -0.2) is 0 Å². The summed E-state index contributed by atoms with van der Waals surface area (Å²) in [4.78, 5) is 2.29. The molecule has 0 radical (unpaired) electrons. The maximum absolute atomic E-state index is 10.0. The number of aliphatic hydroxyl groups excluding tert-OH is 2. The van der Waals surface area contributed by atoms with Crippen molar-refractivity contribution in [2.24, 2.45) is 5.41 Å². The van der Waals surface area contributed by atoms with Crippen LogP contribution in [0.15, 0.2) is 0 Å². The first-order chi connectivity index (χ1) is 11.9. The van der Waals surface area contributed by atoms with Crippen molar-refractivity contribution in [1.29, 1.82) is 0 Å². The van der Waals surface area contributed by atoms with Crippen LogP contribution in [0.4, 0.5) is 0 Å². The highest BCUT2D eigenvalue weighted by molar-refractivity contribution is 4.72. The van der Waals surface area contributed by atoms with E-state index in [0.717, 1.165) is 45.6 Å². The molecule has 0 aliphatic carbocycles. The Morgan fingerprint density at radius 2 is 1.52 bits per heavy atom. The molecule has 1 aliphatic heterocycles. The molecule has 0 spiro atoms. The first kappa shape index (κ1) is 22.8. The molecule has 0 saturated carbocycles. The minimum Gasteiger partial charge on any atom is -0.393 e. The van der Waals surface area contributed by atoms with Crippen LogP contribution in [0, 0.1) is 5.41 Å². The standard InChI is InChI=1S/C19H40N2O4/c1-4-19(2,3)15-17(22)5-11-24-13-14-25-12-6-18(23)16-21-9-7-20-8-10-21/h17-18,20,22-23H,4-16H2,1-3H3. The van der Waals surface area contributed by atoms with Gasteiger partial charge in [0.25, 0.3) is 0 Å². The van der Waals surface area contributed by atoms with Gasteiger partial charge in [-0.3, -0.25) is 4.90 Å². The molecule has 1 saturated heterocycles. The van der Waals surface area contributed by atoms with Crippen molar-refractivity contribution in [1.82, 2.24) is 10.2 Å². The predicted molar refractivity (Wildman–Crippen MR) is 101 cm³/mol. The van der Waals surface area contributed by atoms with Crippen molar-refractivity contribution in [3.05, 3.63) is 0 Å². The zero-order valence-electron chi connectivity index (χ0n) is 16.5. The van der Waals surface area contributed by atoms with Crippen LogP contribution in [-0.4, -0.2) is 86.5 Å². The molecule has 0 aromatic rings. The van der Waals surface area contributed by atoms with Gasteiger partial charge in [-0.1, -0.05) is 27.2 Å². The molecule has 3 N–H and O–H groups in total. The lowest BCUT2D eigenvalue weighted by molar-refractivity contribution is 0.0120. The van der Waals surface area contributed by atoms with Crippen molar-refractivity contribution in [2.75, 3.05) is 59.2 Å². The van der Waals surface area contributed by atoms with Gasteiger partial charge in [-0.05, 0) is 24.7 Å². The molecule has 0 aromatic heterocycles. The van der Waals surface area contributed by atoms with Gasteiger partial charge in [0.15, 0.2) is 0 Å². The number of piperazine rings is 1. The Kier molecular flexibility index (Phi) is 11.9. The van der Waals surface area contributed by atoms with Crippen LogP contribution in [0.25, 0.3) is 0 Å². The number of hydrogen-bond acceptors (Lipinski definition) is 6. The van der Waals surface area contributed by atoms with E-state index in [1.54, 1.807) is 0 Å². The molecule has 1 aliphatic rings. The Labute approximate surface area is 153 Å². The van der Waals surface area contributed by atoms with E-state index in [0.29, 0.717) is 39.3 Å². The molecule has 1 rings (SSSR count). The average Bonchev–Trinajstić information content (AvgIpc) is 2.57. The number of hydrogen-bond donors (Lipinski definition) is 3. The molecule has 0 amide bonds. The molecule has 25 heavy (non-hydrogen) atoms. The Hall–Kier alpha value is -0.240. The molecule has 2 unspecified atom stereocenters. The van der Waals surface area contributed by atoms with E-state index in [2.05, 4.69) is 31.0 Å². The van der Waals surface area contributed by atoms with Gasteiger partial charge in [0.05, 0.1) is 25.4 Å². The molecular weight excluding hydrogens is 320 g/mol. The SMILES string of the molecule is CCC(C)(C)CC(O)CCOCCOCCC(O)CN1CCNCC1. The van der Waals surface area contributed by atoms with Gasteiger partial charge in [0, 0.05) is 45.9 Å². The number of ether oxygens (including phenoxy) is 2. The minimum absolute atomic E-state index is 0.189. The molecule has 0 bridgehead atoms. The zero-order valence-corrected chi connectivity index (χ0v) is 16.5. The highest BCUT2D eigenvalue weighted by Gasteiger charge is 2.19. The second kappa shape index (κ2) is 13.0. The smallest absolute Gasteiger partial charge is 0.0700 e. The minimum atomic E-state index is -0.323. The predicted octanol–water partition coefficient (Wildman–Crippen LogP) is 1.25. The number of aliphatic hydroxyl groups is 2. The Balaban J connectivity index is 1.89. The van der Waals surface area contributed by atoms with Crippen molar-refractivity contribution in [3.8, 4) is 0 Å². The highest BCUT2D eigenvalue weighted by Crippen LogP contribution is 2.26. The second-order valence-electron chi connectivity index (χ2n) is 7.88. The van der Waals surface area contributed by atoms with Crippen LogP contribution in [0.5, 0.6) is 0 Å². The normalized spacial score (nSPS) is 19.1. The third kappa shape index (κ3) is 11.9. The summed E-state index contributed by atoms with van der Waals surface area (Å²) in [5.41, 5.74) is 0.189. The van der Waals surface area contributed by atoms with Crippen molar-refractivity contribution < 1.29 is 19.7 Å². The van der Waals surface area contributed by atoms with Crippen molar-refractivity contribution in [2.45, 2.75) is 58.7 Å². The number of nitrogens with one attached hydrogen (secondary N) is 1. The van der Waals surface area contributed by atoms with Gasteiger partial charge < -0.3 is 25.0 Å². The quantitative estimate of drug-likeness (QED) is 0.405. The summed E-state index contributed by atoms with van der Waals surface area (Å²) in [6.45, 7) is 13.5. The zero-order chi connectivity index (χ0) is 18.5. The van der Waals surface area contributed by atoms with E-state index in [1.165, 1.54) is 0 Å².